The van der Waals surface area contributed by atoms with E-state index in [0.29, 0.717) is 18.8 Å². The first-order valence-electron chi connectivity index (χ1n) is 10.8. The number of aryl methyl sites for hydroxylation is 2. The van der Waals surface area contributed by atoms with Gasteiger partial charge in [0.15, 0.2) is 0 Å². The molecule has 7 heteroatoms. The number of hydrogen-bond acceptors (Lipinski definition) is 2. The van der Waals surface area contributed by atoms with Gasteiger partial charge in [-0.25, -0.2) is 9.18 Å². The van der Waals surface area contributed by atoms with Gasteiger partial charge >= 0.3 is 6.03 Å². The van der Waals surface area contributed by atoms with Crippen molar-refractivity contribution in [1.82, 2.24) is 15.6 Å². The van der Waals surface area contributed by atoms with E-state index < -0.39 is 0 Å². The number of nitrogens with zero attached hydrogens (tertiary/aromatic N) is 1. The van der Waals surface area contributed by atoms with E-state index in [2.05, 4.69) is 27.8 Å². The molecule has 0 bridgehead atoms. The van der Waals surface area contributed by atoms with Crippen molar-refractivity contribution in [3.05, 3.63) is 65.1 Å². The molecule has 6 nitrogen and oxygen atoms in total. The van der Waals surface area contributed by atoms with Crippen molar-refractivity contribution in [2.45, 2.75) is 44.7 Å². The fraction of sp³-hybridized carbons (Fsp3) is 0.333. The number of aromatic amines is 1. The van der Waals surface area contributed by atoms with Crippen LogP contribution in [0, 0.1) is 5.82 Å². The molecule has 0 saturated carbocycles. The SMILES string of the molecule is O=C(NCc1ccc2[nH]c3c(c2c1)CCCC3)N[C@@H]1CC(=O)N(c2cccc(F)c2)C1. The van der Waals surface area contributed by atoms with E-state index >= 15 is 0 Å². The van der Waals surface area contributed by atoms with E-state index in [1.54, 1.807) is 12.1 Å². The molecule has 2 heterocycles. The smallest absolute Gasteiger partial charge is 0.315 e. The van der Waals surface area contributed by atoms with Gasteiger partial charge < -0.3 is 20.5 Å². The van der Waals surface area contributed by atoms with E-state index in [1.807, 2.05) is 6.07 Å². The highest BCUT2D eigenvalue weighted by Crippen LogP contribution is 2.29. The van der Waals surface area contributed by atoms with Crippen LogP contribution in [0.2, 0.25) is 0 Å². The number of anilines is 1. The van der Waals surface area contributed by atoms with E-state index in [1.165, 1.54) is 46.5 Å². The number of carbonyl (C=O) groups excluding carboxylic acids is 2. The van der Waals surface area contributed by atoms with Crippen molar-refractivity contribution < 1.29 is 14.0 Å². The van der Waals surface area contributed by atoms with E-state index in [4.69, 9.17) is 0 Å². The van der Waals surface area contributed by atoms with Gasteiger partial charge in [-0.2, -0.15) is 0 Å². The summed E-state index contributed by atoms with van der Waals surface area (Å²) in [5.74, 6) is -0.515. The minimum Gasteiger partial charge on any atom is -0.358 e. The lowest BCUT2D eigenvalue weighted by Crippen LogP contribution is -2.43. The van der Waals surface area contributed by atoms with Crippen LogP contribution in [0.5, 0.6) is 0 Å². The average Bonchev–Trinajstić information content (AvgIpc) is 3.32. The minimum atomic E-state index is -0.389. The van der Waals surface area contributed by atoms with Crippen molar-refractivity contribution in [2.24, 2.45) is 0 Å². The molecule has 1 aliphatic carbocycles. The van der Waals surface area contributed by atoms with Gasteiger partial charge in [0, 0.05) is 41.8 Å². The van der Waals surface area contributed by atoms with Crippen molar-refractivity contribution >= 4 is 28.5 Å². The first-order chi connectivity index (χ1) is 15.1. The molecule has 1 fully saturated rings. The topological polar surface area (TPSA) is 77.2 Å². The van der Waals surface area contributed by atoms with Crippen molar-refractivity contribution in [3.63, 3.8) is 0 Å². The lowest BCUT2D eigenvalue weighted by molar-refractivity contribution is -0.117. The monoisotopic (exact) mass is 420 g/mol. The zero-order chi connectivity index (χ0) is 21.4. The zero-order valence-corrected chi connectivity index (χ0v) is 17.2. The maximum Gasteiger partial charge on any atom is 0.315 e. The molecule has 1 aliphatic heterocycles. The van der Waals surface area contributed by atoms with Crippen LogP contribution in [0.4, 0.5) is 14.9 Å². The molecule has 5 rings (SSSR count). The Morgan fingerprint density at radius 1 is 1.16 bits per heavy atom. The van der Waals surface area contributed by atoms with Crippen LogP contribution in [0.3, 0.4) is 0 Å². The number of nitrogens with one attached hydrogen (secondary N) is 3. The molecule has 160 valence electrons. The van der Waals surface area contributed by atoms with Crippen LogP contribution >= 0.6 is 0 Å². The second-order valence-electron chi connectivity index (χ2n) is 8.38. The Morgan fingerprint density at radius 3 is 2.90 bits per heavy atom. The molecule has 0 spiro atoms. The van der Waals surface area contributed by atoms with Crippen molar-refractivity contribution in [2.75, 3.05) is 11.4 Å². The average molecular weight is 420 g/mol. The van der Waals surface area contributed by atoms with Gasteiger partial charge in [0.1, 0.15) is 5.82 Å². The van der Waals surface area contributed by atoms with Crippen LogP contribution in [0.25, 0.3) is 10.9 Å². The van der Waals surface area contributed by atoms with Crippen LogP contribution in [-0.4, -0.2) is 29.5 Å². The summed E-state index contributed by atoms with van der Waals surface area (Å²) >= 11 is 0. The summed E-state index contributed by atoms with van der Waals surface area (Å²) in [4.78, 5) is 29.7. The number of hydrogen-bond donors (Lipinski definition) is 3. The second-order valence-corrected chi connectivity index (χ2v) is 8.38. The van der Waals surface area contributed by atoms with Crippen LogP contribution in [0.15, 0.2) is 42.5 Å². The first-order valence-corrected chi connectivity index (χ1v) is 10.8. The first kappa shape index (κ1) is 19.6. The highest BCUT2D eigenvalue weighted by Gasteiger charge is 2.31. The standard InChI is InChI=1S/C24H25FN4O2/c25-16-4-3-5-18(11-16)29-14-17(12-23(29)30)27-24(31)26-13-15-8-9-22-20(10-15)19-6-1-2-7-21(19)28-22/h3-5,8-11,17,28H,1-2,6-7,12-14H2,(H2,26,27,31)/t17-/m1/s1. The van der Waals surface area contributed by atoms with Gasteiger partial charge in [-0.3, -0.25) is 4.79 Å². The minimum absolute atomic E-state index is 0.126. The quantitative estimate of drug-likeness (QED) is 0.601. The Hall–Kier alpha value is -3.35. The van der Waals surface area contributed by atoms with E-state index in [0.717, 1.165) is 23.9 Å². The van der Waals surface area contributed by atoms with Crippen LogP contribution < -0.4 is 15.5 Å². The molecule has 31 heavy (non-hydrogen) atoms. The fourth-order valence-corrected chi connectivity index (χ4v) is 4.68. The second kappa shape index (κ2) is 8.06. The maximum absolute atomic E-state index is 13.5. The largest absolute Gasteiger partial charge is 0.358 e. The summed E-state index contributed by atoms with van der Waals surface area (Å²) in [6, 6.07) is 11.6. The van der Waals surface area contributed by atoms with Crippen LogP contribution in [-0.2, 0) is 24.2 Å². The number of rotatable bonds is 4. The number of urea groups is 1. The predicted octanol–water partition coefficient (Wildman–Crippen LogP) is 3.79. The third-order valence-electron chi connectivity index (χ3n) is 6.20. The Balaban J connectivity index is 1.19. The third kappa shape index (κ3) is 4.00. The van der Waals surface area contributed by atoms with E-state index in [9.17, 15) is 14.0 Å². The lowest BCUT2D eigenvalue weighted by atomic mass is 9.95. The molecular weight excluding hydrogens is 395 g/mol. The Bertz CT molecular complexity index is 1160. The van der Waals surface area contributed by atoms with Crippen LogP contribution in [0.1, 0.15) is 36.1 Å². The number of aromatic nitrogens is 1. The zero-order valence-electron chi connectivity index (χ0n) is 17.2. The number of amides is 3. The number of H-pyrrole nitrogens is 1. The summed E-state index contributed by atoms with van der Waals surface area (Å²) in [6.07, 6.45) is 4.86. The summed E-state index contributed by atoms with van der Waals surface area (Å²) in [7, 11) is 0. The number of benzene rings is 2. The Labute approximate surface area is 179 Å². The summed E-state index contributed by atoms with van der Waals surface area (Å²) in [6.45, 7) is 0.743. The summed E-state index contributed by atoms with van der Waals surface area (Å²) in [5.41, 5.74) is 5.46. The van der Waals surface area contributed by atoms with Crippen molar-refractivity contribution in [1.29, 1.82) is 0 Å². The highest BCUT2D eigenvalue weighted by molar-refractivity contribution is 5.96. The Kier molecular flexibility index (Phi) is 5.10. The summed E-state index contributed by atoms with van der Waals surface area (Å²) < 4.78 is 13.5. The molecule has 2 aliphatic rings. The molecule has 1 aromatic heterocycles. The summed E-state index contributed by atoms with van der Waals surface area (Å²) in [5, 5.41) is 7.01. The van der Waals surface area contributed by atoms with Gasteiger partial charge in [-0.05, 0) is 67.1 Å². The van der Waals surface area contributed by atoms with Gasteiger partial charge in [0.2, 0.25) is 5.91 Å². The molecular formula is C24H25FN4O2. The van der Waals surface area contributed by atoms with Gasteiger partial charge in [0.25, 0.3) is 0 Å². The molecule has 0 unspecified atom stereocenters. The number of carbonyl (C=O) groups is 2. The molecule has 3 aromatic rings. The van der Waals surface area contributed by atoms with Gasteiger partial charge in [-0.15, -0.1) is 0 Å². The molecule has 3 N–H and O–H groups in total. The molecule has 1 saturated heterocycles. The Morgan fingerprint density at radius 2 is 2.03 bits per heavy atom. The fourth-order valence-electron chi connectivity index (χ4n) is 4.68. The normalized spacial score (nSPS) is 18.3. The number of halogens is 1. The van der Waals surface area contributed by atoms with E-state index in [-0.39, 0.29) is 30.2 Å². The predicted molar refractivity (Wildman–Crippen MR) is 117 cm³/mol. The molecule has 1 atom stereocenters. The lowest BCUT2D eigenvalue weighted by Gasteiger charge is -2.17. The van der Waals surface area contributed by atoms with Gasteiger partial charge in [0.05, 0.1) is 6.04 Å². The number of fused-ring (bicyclic) bond motifs is 3. The highest BCUT2D eigenvalue weighted by atomic mass is 19.1. The molecule has 2 aromatic carbocycles. The van der Waals surface area contributed by atoms with Gasteiger partial charge in [-0.1, -0.05) is 12.1 Å². The van der Waals surface area contributed by atoms with Crippen molar-refractivity contribution in [3.8, 4) is 0 Å². The molecule has 0 radical (unpaired) electrons. The molecule has 3 amide bonds. The maximum atomic E-state index is 13.5. The third-order valence-corrected chi connectivity index (χ3v) is 6.20.